The second-order valence-electron chi connectivity index (χ2n) is 3.59. The third kappa shape index (κ3) is 5.21. The van der Waals surface area contributed by atoms with Crippen LogP contribution in [0.2, 0.25) is 0 Å². The number of carbonyl (C=O) groups excluding carboxylic acids is 1. The molecule has 4 nitrogen and oxygen atoms in total. The first-order valence-electron chi connectivity index (χ1n) is 5.03. The highest BCUT2D eigenvalue weighted by atomic mass is 127. The summed E-state index contributed by atoms with van der Waals surface area (Å²) in [5.41, 5.74) is -1.94. The van der Waals surface area contributed by atoms with Gasteiger partial charge in [0.1, 0.15) is 3.70 Å². The van der Waals surface area contributed by atoms with E-state index in [1.54, 1.807) is 0 Å². The van der Waals surface area contributed by atoms with Crippen molar-refractivity contribution in [1.29, 1.82) is 0 Å². The van der Waals surface area contributed by atoms with Crippen molar-refractivity contribution in [3.63, 3.8) is 0 Å². The van der Waals surface area contributed by atoms with Gasteiger partial charge in [-0.3, -0.25) is 4.79 Å². The molecule has 0 spiro atoms. The van der Waals surface area contributed by atoms with Crippen LogP contribution < -0.4 is 4.74 Å². The van der Waals surface area contributed by atoms with Crippen LogP contribution >= 0.6 is 22.6 Å². The topological polar surface area (TPSA) is 48.4 Å². The van der Waals surface area contributed by atoms with E-state index in [-0.39, 0.29) is 0 Å². The Hall–Kier alpha value is -1.27. The SMILES string of the molecule is COC(=O)Cc1cc(C(F)(F)F)c(I)nc1OC(F)(F)F. The molecular weight excluding hydrogens is 423 g/mol. The number of carbonyl (C=O) groups is 1. The lowest BCUT2D eigenvalue weighted by Gasteiger charge is -2.15. The molecule has 0 aliphatic heterocycles. The Kier molecular flexibility index (Phi) is 5.28. The van der Waals surface area contributed by atoms with E-state index < -0.39 is 45.6 Å². The zero-order valence-corrected chi connectivity index (χ0v) is 12.3. The molecule has 0 radical (unpaired) electrons. The van der Waals surface area contributed by atoms with E-state index in [0.29, 0.717) is 6.07 Å². The van der Waals surface area contributed by atoms with Crippen LogP contribution in [0.25, 0.3) is 0 Å². The molecule has 0 fully saturated rings. The van der Waals surface area contributed by atoms with E-state index in [1.807, 2.05) is 0 Å². The van der Waals surface area contributed by atoms with E-state index in [0.717, 1.165) is 29.7 Å². The largest absolute Gasteiger partial charge is 0.574 e. The van der Waals surface area contributed by atoms with Crippen LogP contribution in [-0.2, 0) is 22.1 Å². The quantitative estimate of drug-likeness (QED) is 0.320. The fraction of sp³-hybridized carbons (Fsp3) is 0.400. The number of hydrogen-bond acceptors (Lipinski definition) is 4. The Morgan fingerprint density at radius 2 is 1.86 bits per heavy atom. The van der Waals surface area contributed by atoms with Gasteiger partial charge in [0.2, 0.25) is 5.88 Å². The first-order valence-corrected chi connectivity index (χ1v) is 6.11. The van der Waals surface area contributed by atoms with Crippen molar-refractivity contribution < 1.29 is 40.6 Å². The lowest BCUT2D eigenvalue weighted by atomic mass is 10.1. The summed E-state index contributed by atoms with van der Waals surface area (Å²) < 4.78 is 81.7. The molecule has 0 aromatic carbocycles. The highest BCUT2D eigenvalue weighted by molar-refractivity contribution is 14.1. The summed E-state index contributed by atoms with van der Waals surface area (Å²) in [6, 6.07) is 0.382. The number of esters is 1. The molecular formula is C10H6F6INO3. The number of rotatable bonds is 3. The number of ether oxygens (including phenoxy) is 2. The fourth-order valence-electron chi connectivity index (χ4n) is 1.27. The number of hydrogen-bond donors (Lipinski definition) is 0. The van der Waals surface area contributed by atoms with Gasteiger partial charge in [-0.2, -0.15) is 13.2 Å². The van der Waals surface area contributed by atoms with Crippen LogP contribution in [0.15, 0.2) is 6.07 Å². The molecule has 0 bridgehead atoms. The van der Waals surface area contributed by atoms with E-state index >= 15 is 0 Å². The van der Waals surface area contributed by atoms with Crippen LogP contribution in [-0.4, -0.2) is 24.4 Å². The number of nitrogens with zero attached hydrogens (tertiary/aromatic N) is 1. The van der Waals surface area contributed by atoms with Crippen molar-refractivity contribution in [2.45, 2.75) is 19.0 Å². The monoisotopic (exact) mass is 429 g/mol. The first-order chi connectivity index (χ1) is 9.44. The molecule has 0 unspecified atom stereocenters. The summed E-state index contributed by atoms with van der Waals surface area (Å²) in [7, 11) is 0.942. The van der Waals surface area contributed by atoms with Gasteiger partial charge >= 0.3 is 18.5 Å². The number of halogens is 7. The van der Waals surface area contributed by atoms with Gasteiger partial charge in [0.25, 0.3) is 0 Å². The summed E-state index contributed by atoms with van der Waals surface area (Å²) in [6.45, 7) is 0. The van der Waals surface area contributed by atoms with Gasteiger partial charge in [-0.05, 0) is 28.7 Å². The maximum atomic E-state index is 12.7. The molecule has 1 aromatic heterocycles. The minimum atomic E-state index is -5.15. The highest BCUT2D eigenvalue weighted by Gasteiger charge is 2.38. The van der Waals surface area contributed by atoms with Crippen molar-refractivity contribution >= 4 is 28.6 Å². The van der Waals surface area contributed by atoms with Gasteiger partial charge in [0, 0.05) is 5.56 Å². The molecule has 0 saturated carbocycles. The molecule has 1 rings (SSSR count). The zero-order valence-electron chi connectivity index (χ0n) is 10.1. The average Bonchev–Trinajstić information content (AvgIpc) is 2.28. The van der Waals surface area contributed by atoms with E-state index in [9.17, 15) is 31.1 Å². The Labute approximate surface area is 127 Å². The van der Waals surface area contributed by atoms with Crippen LogP contribution in [0.1, 0.15) is 11.1 Å². The van der Waals surface area contributed by atoms with Crippen molar-refractivity contribution in [1.82, 2.24) is 4.98 Å². The Morgan fingerprint density at radius 1 is 1.29 bits per heavy atom. The number of pyridine rings is 1. The maximum Gasteiger partial charge on any atom is 0.574 e. The predicted molar refractivity (Wildman–Crippen MR) is 64.4 cm³/mol. The Morgan fingerprint density at radius 3 is 2.29 bits per heavy atom. The lowest BCUT2D eigenvalue weighted by molar-refractivity contribution is -0.276. The van der Waals surface area contributed by atoms with Crippen LogP contribution in [0.4, 0.5) is 26.3 Å². The van der Waals surface area contributed by atoms with Gasteiger partial charge in [-0.25, -0.2) is 4.98 Å². The number of methoxy groups -OCH3 is 1. The molecule has 1 heterocycles. The minimum Gasteiger partial charge on any atom is -0.469 e. The third-order valence-corrected chi connectivity index (χ3v) is 2.92. The van der Waals surface area contributed by atoms with Gasteiger partial charge < -0.3 is 9.47 Å². The van der Waals surface area contributed by atoms with Crippen LogP contribution in [0.5, 0.6) is 5.88 Å². The Balaban J connectivity index is 3.35. The van der Waals surface area contributed by atoms with E-state index in [4.69, 9.17) is 0 Å². The minimum absolute atomic E-state index is 0.382. The molecule has 0 atom stereocenters. The average molecular weight is 429 g/mol. The van der Waals surface area contributed by atoms with Crippen LogP contribution in [0.3, 0.4) is 0 Å². The van der Waals surface area contributed by atoms with Gasteiger partial charge in [-0.15, -0.1) is 13.2 Å². The van der Waals surface area contributed by atoms with Gasteiger partial charge in [0.05, 0.1) is 19.1 Å². The molecule has 0 saturated heterocycles. The number of alkyl halides is 6. The molecule has 1 aromatic rings. The molecule has 0 aliphatic rings. The van der Waals surface area contributed by atoms with Crippen molar-refractivity contribution in [2.75, 3.05) is 7.11 Å². The number of aromatic nitrogens is 1. The smallest absolute Gasteiger partial charge is 0.469 e. The molecule has 118 valence electrons. The second-order valence-corrected chi connectivity index (χ2v) is 4.61. The molecule has 11 heteroatoms. The van der Waals surface area contributed by atoms with Gasteiger partial charge in [-0.1, -0.05) is 0 Å². The maximum absolute atomic E-state index is 12.7. The summed E-state index contributed by atoms with van der Waals surface area (Å²) in [4.78, 5) is 14.2. The zero-order chi connectivity index (χ0) is 16.4. The molecule has 21 heavy (non-hydrogen) atoms. The van der Waals surface area contributed by atoms with Crippen molar-refractivity contribution in [3.8, 4) is 5.88 Å². The fourth-order valence-corrected chi connectivity index (χ4v) is 1.95. The van der Waals surface area contributed by atoms with Gasteiger partial charge in [0.15, 0.2) is 0 Å². The first kappa shape index (κ1) is 17.8. The molecule has 0 N–H and O–H groups in total. The highest BCUT2D eigenvalue weighted by Crippen LogP contribution is 2.36. The Bertz CT molecular complexity index is 543. The second kappa shape index (κ2) is 6.23. The summed E-state index contributed by atoms with van der Waals surface area (Å²) in [6.07, 6.45) is -10.8. The molecule has 0 amide bonds. The summed E-state index contributed by atoms with van der Waals surface area (Å²) in [5.74, 6) is -2.15. The predicted octanol–water partition coefficient (Wildman–Crippen LogP) is 3.32. The third-order valence-electron chi connectivity index (χ3n) is 2.10. The van der Waals surface area contributed by atoms with Crippen molar-refractivity contribution in [2.24, 2.45) is 0 Å². The lowest BCUT2D eigenvalue weighted by Crippen LogP contribution is -2.21. The van der Waals surface area contributed by atoms with Crippen molar-refractivity contribution in [3.05, 3.63) is 20.9 Å². The summed E-state index contributed by atoms with van der Waals surface area (Å²) >= 11 is 1.13. The standard InChI is InChI=1S/C10H6F6INO3/c1-20-6(19)3-4-2-5(9(11,12)13)7(17)18-8(4)21-10(14,15)16/h2H,3H2,1H3. The molecule has 0 aliphatic carbocycles. The van der Waals surface area contributed by atoms with Crippen LogP contribution in [0, 0.1) is 3.70 Å². The van der Waals surface area contributed by atoms with E-state index in [2.05, 4.69) is 14.5 Å². The normalized spacial score (nSPS) is 12.2. The summed E-state index contributed by atoms with van der Waals surface area (Å²) in [5, 5.41) is 0. The van der Waals surface area contributed by atoms with E-state index in [1.165, 1.54) is 0 Å².